The van der Waals surface area contributed by atoms with E-state index in [4.69, 9.17) is 5.73 Å². The minimum absolute atomic E-state index is 0.183. The molecule has 1 aromatic rings. The average molecular weight is 287 g/mol. The van der Waals surface area contributed by atoms with E-state index >= 15 is 0 Å². The lowest BCUT2D eigenvalue weighted by molar-refractivity contribution is 0.164. The number of nitrogens with zero attached hydrogens (tertiary/aromatic N) is 3. The van der Waals surface area contributed by atoms with Gasteiger partial charge >= 0.3 is 0 Å². The van der Waals surface area contributed by atoms with Crippen molar-refractivity contribution < 1.29 is 8.42 Å². The van der Waals surface area contributed by atoms with Crippen LogP contribution in [-0.4, -0.2) is 67.1 Å². The molecule has 1 aliphatic rings. The van der Waals surface area contributed by atoms with E-state index in [1.807, 2.05) is 7.05 Å². The number of aryl methyl sites for hydroxylation is 2. The van der Waals surface area contributed by atoms with E-state index < -0.39 is 10.0 Å². The Kier molecular flexibility index (Phi) is 3.95. The second kappa shape index (κ2) is 5.20. The summed E-state index contributed by atoms with van der Waals surface area (Å²) in [6.45, 7) is 5.58. The molecule has 108 valence electrons. The zero-order valence-electron chi connectivity index (χ0n) is 11.5. The third-order valence-electron chi connectivity index (χ3n) is 3.53. The van der Waals surface area contributed by atoms with Gasteiger partial charge in [0, 0.05) is 26.2 Å². The van der Waals surface area contributed by atoms with Crippen molar-refractivity contribution in [1.82, 2.24) is 19.4 Å². The molecule has 2 rings (SSSR count). The van der Waals surface area contributed by atoms with Crippen LogP contribution in [0.3, 0.4) is 0 Å². The summed E-state index contributed by atoms with van der Waals surface area (Å²) >= 11 is 0. The van der Waals surface area contributed by atoms with Gasteiger partial charge in [0.05, 0.1) is 17.4 Å². The molecule has 0 spiro atoms. The molecule has 0 aromatic carbocycles. The Morgan fingerprint density at radius 1 is 1.42 bits per heavy atom. The Balaban J connectivity index is 2.39. The molecule has 0 saturated carbocycles. The molecule has 0 aliphatic carbocycles. The number of hydrogen-bond donors (Lipinski definition) is 2. The SMILES string of the molecule is Cc1n[nH]c(C)c1S(=O)(=O)N1CCN(C)CC1CN. The smallest absolute Gasteiger partial charge is 0.247 e. The molecular formula is C11H21N5O2S. The lowest BCUT2D eigenvalue weighted by Crippen LogP contribution is -2.56. The van der Waals surface area contributed by atoms with Gasteiger partial charge in [0.2, 0.25) is 10.0 Å². The van der Waals surface area contributed by atoms with E-state index in [9.17, 15) is 8.42 Å². The zero-order valence-corrected chi connectivity index (χ0v) is 12.4. The first-order valence-electron chi connectivity index (χ1n) is 6.30. The minimum atomic E-state index is -3.53. The number of aromatic amines is 1. The van der Waals surface area contributed by atoms with Gasteiger partial charge < -0.3 is 10.6 Å². The van der Waals surface area contributed by atoms with E-state index in [-0.39, 0.29) is 10.9 Å². The quantitative estimate of drug-likeness (QED) is 0.766. The molecule has 8 heteroatoms. The molecule has 0 radical (unpaired) electrons. The molecule has 3 N–H and O–H groups in total. The molecule has 19 heavy (non-hydrogen) atoms. The first-order valence-corrected chi connectivity index (χ1v) is 7.74. The second-order valence-corrected chi connectivity index (χ2v) is 6.86. The van der Waals surface area contributed by atoms with Gasteiger partial charge in [-0.05, 0) is 20.9 Å². The van der Waals surface area contributed by atoms with E-state index in [2.05, 4.69) is 15.1 Å². The number of hydrogen-bond acceptors (Lipinski definition) is 5. The standard InChI is InChI=1S/C11H21N5O2S/c1-8-11(9(2)14-13-8)19(17,18)16-5-4-15(3)7-10(16)6-12/h10H,4-7,12H2,1-3H3,(H,13,14). The van der Waals surface area contributed by atoms with Gasteiger partial charge in [-0.2, -0.15) is 9.40 Å². The summed E-state index contributed by atoms with van der Waals surface area (Å²) in [7, 11) is -1.56. The van der Waals surface area contributed by atoms with Crippen molar-refractivity contribution in [2.45, 2.75) is 24.8 Å². The van der Waals surface area contributed by atoms with Crippen LogP contribution >= 0.6 is 0 Å². The molecule has 2 heterocycles. The summed E-state index contributed by atoms with van der Waals surface area (Å²) in [4.78, 5) is 2.38. The van der Waals surface area contributed by atoms with Crippen LogP contribution in [0.5, 0.6) is 0 Å². The van der Waals surface area contributed by atoms with E-state index in [0.717, 1.165) is 0 Å². The van der Waals surface area contributed by atoms with Crippen LogP contribution in [0.2, 0.25) is 0 Å². The van der Waals surface area contributed by atoms with Crippen LogP contribution in [0.15, 0.2) is 4.90 Å². The van der Waals surface area contributed by atoms with Gasteiger partial charge in [0.1, 0.15) is 4.90 Å². The zero-order chi connectivity index (χ0) is 14.2. The van der Waals surface area contributed by atoms with Crippen LogP contribution < -0.4 is 5.73 Å². The Labute approximate surface area is 113 Å². The predicted molar refractivity (Wildman–Crippen MR) is 72.3 cm³/mol. The van der Waals surface area contributed by atoms with Crippen molar-refractivity contribution in [3.05, 3.63) is 11.4 Å². The molecule has 7 nitrogen and oxygen atoms in total. The number of H-pyrrole nitrogens is 1. The second-order valence-electron chi connectivity index (χ2n) is 5.03. The fraction of sp³-hybridized carbons (Fsp3) is 0.727. The van der Waals surface area contributed by atoms with Crippen LogP contribution in [0.1, 0.15) is 11.4 Å². The van der Waals surface area contributed by atoms with Crippen molar-refractivity contribution in [3.63, 3.8) is 0 Å². The maximum Gasteiger partial charge on any atom is 0.247 e. The fourth-order valence-electron chi connectivity index (χ4n) is 2.54. The highest BCUT2D eigenvalue weighted by molar-refractivity contribution is 7.89. The van der Waals surface area contributed by atoms with Crippen LogP contribution in [0.25, 0.3) is 0 Å². The van der Waals surface area contributed by atoms with E-state index in [1.54, 1.807) is 13.8 Å². The van der Waals surface area contributed by atoms with Gasteiger partial charge in [0.15, 0.2) is 0 Å². The Hall–Kier alpha value is -0.960. The highest BCUT2D eigenvalue weighted by Gasteiger charge is 2.36. The number of nitrogens with one attached hydrogen (secondary N) is 1. The van der Waals surface area contributed by atoms with Gasteiger partial charge in [-0.15, -0.1) is 0 Å². The van der Waals surface area contributed by atoms with Gasteiger partial charge in [-0.1, -0.05) is 0 Å². The summed E-state index contributed by atoms with van der Waals surface area (Å²) in [6.07, 6.45) is 0. The maximum atomic E-state index is 12.8. The maximum absolute atomic E-state index is 12.8. The lowest BCUT2D eigenvalue weighted by atomic mass is 10.2. The number of piperazine rings is 1. The predicted octanol–water partition coefficient (Wildman–Crippen LogP) is -0.710. The first-order chi connectivity index (χ1) is 8.87. The summed E-state index contributed by atoms with van der Waals surface area (Å²) in [5, 5.41) is 6.70. The van der Waals surface area contributed by atoms with Gasteiger partial charge in [0.25, 0.3) is 0 Å². The number of aromatic nitrogens is 2. The third-order valence-corrected chi connectivity index (χ3v) is 5.75. The summed E-state index contributed by atoms with van der Waals surface area (Å²) in [6, 6.07) is -0.183. The normalized spacial score (nSPS) is 22.8. The molecule has 1 aliphatic heterocycles. The summed E-state index contributed by atoms with van der Waals surface area (Å²) < 4.78 is 27.0. The van der Waals surface area contributed by atoms with E-state index in [0.29, 0.717) is 37.6 Å². The molecule has 0 bridgehead atoms. The number of nitrogens with two attached hydrogens (primary N) is 1. The highest BCUT2D eigenvalue weighted by atomic mass is 32.2. The third kappa shape index (κ3) is 2.53. The molecule has 0 amide bonds. The van der Waals surface area contributed by atoms with Crippen molar-refractivity contribution in [2.24, 2.45) is 5.73 Å². The van der Waals surface area contributed by atoms with Crippen molar-refractivity contribution >= 4 is 10.0 Å². The largest absolute Gasteiger partial charge is 0.329 e. The van der Waals surface area contributed by atoms with Gasteiger partial charge in [-0.25, -0.2) is 8.42 Å². The molecule has 1 saturated heterocycles. The minimum Gasteiger partial charge on any atom is -0.329 e. The summed E-state index contributed by atoms with van der Waals surface area (Å²) in [5.74, 6) is 0. The van der Waals surface area contributed by atoms with Gasteiger partial charge in [-0.3, -0.25) is 5.10 Å². The fourth-order valence-corrected chi connectivity index (χ4v) is 4.49. The Morgan fingerprint density at radius 3 is 2.63 bits per heavy atom. The summed E-state index contributed by atoms with van der Waals surface area (Å²) in [5.41, 5.74) is 6.81. The number of sulfonamides is 1. The highest BCUT2D eigenvalue weighted by Crippen LogP contribution is 2.24. The topological polar surface area (TPSA) is 95.3 Å². The van der Waals surface area contributed by atoms with Crippen LogP contribution in [-0.2, 0) is 10.0 Å². The molecular weight excluding hydrogens is 266 g/mol. The van der Waals surface area contributed by atoms with Crippen molar-refractivity contribution in [3.8, 4) is 0 Å². The Morgan fingerprint density at radius 2 is 2.11 bits per heavy atom. The van der Waals surface area contributed by atoms with Crippen LogP contribution in [0.4, 0.5) is 0 Å². The van der Waals surface area contributed by atoms with Crippen molar-refractivity contribution in [1.29, 1.82) is 0 Å². The lowest BCUT2D eigenvalue weighted by Gasteiger charge is -2.38. The number of likely N-dealkylation sites (N-methyl/N-ethyl adjacent to an activating group) is 1. The molecule has 1 fully saturated rings. The van der Waals surface area contributed by atoms with Crippen LogP contribution in [0, 0.1) is 13.8 Å². The molecule has 1 aromatic heterocycles. The first kappa shape index (κ1) is 14.4. The molecule has 1 atom stereocenters. The average Bonchev–Trinajstić information content (AvgIpc) is 2.68. The van der Waals surface area contributed by atoms with Crippen molar-refractivity contribution in [2.75, 3.05) is 33.2 Å². The number of rotatable bonds is 3. The van der Waals surface area contributed by atoms with E-state index in [1.165, 1.54) is 4.31 Å². The monoisotopic (exact) mass is 287 g/mol. The molecule has 1 unspecified atom stereocenters. The Bertz CT molecular complexity index is 534.